The highest BCUT2D eigenvalue weighted by molar-refractivity contribution is 5.09. The third-order valence-corrected chi connectivity index (χ3v) is 2.22. The summed E-state index contributed by atoms with van der Waals surface area (Å²) in [4.78, 5) is 0. The third-order valence-electron chi connectivity index (χ3n) is 2.22. The van der Waals surface area contributed by atoms with Gasteiger partial charge in [-0.2, -0.15) is 0 Å². The van der Waals surface area contributed by atoms with Gasteiger partial charge in [0, 0.05) is 13.0 Å². The number of rotatable bonds is 4. The number of aliphatic hydroxyl groups excluding tert-OH is 1. The molecule has 0 aliphatic rings. The SMILES string of the molecule is C=C(C(C)COC)C(O)C(C)(C)C. The van der Waals surface area contributed by atoms with Gasteiger partial charge in [0.25, 0.3) is 0 Å². The van der Waals surface area contributed by atoms with Crippen molar-refractivity contribution in [1.82, 2.24) is 0 Å². The van der Waals surface area contributed by atoms with Gasteiger partial charge < -0.3 is 9.84 Å². The lowest BCUT2D eigenvalue weighted by Gasteiger charge is -2.30. The minimum Gasteiger partial charge on any atom is -0.388 e. The Morgan fingerprint density at radius 1 is 1.46 bits per heavy atom. The van der Waals surface area contributed by atoms with Gasteiger partial charge in [-0.15, -0.1) is 0 Å². The lowest BCUT2D eigenvalue weighted by Crippen LogP contribution is -2.31. The maximum Gasteiger partial charge on any atom is 0.0799 e. The Morgan fingerprint density at radius 2 is 1.92 bits per heavy atom. The van der Waals surface area contributed by atoms with E-state index in [-0.39, 0.29) is 11.3 Å². The average Bonchev–Trinajstić information content (AvgIpc) is 2.00. The van der Waals surface area contributed by atoms with Crippen molar-refractivity contribution in [1.29, 1.82) is 0 Å². The average molecular weight is 186 g/mol. The molecule has 78 valence electrons. The van der Waals surface area contributed by atoms with E-state index >= 15 is 0 Å². The molecule has 0 heterocycles. The molecule has 1 N–H and O–H groups in total. The summed E-state index contributed by atoms with van der Waals surface area (Å²) < 4.78 is 5.02. The van der Waals surface area contributed by atoms with Gasteiger partial charge in [-0.1, -0.05) is 34.3 Å². The van der Waals surface area contributed by atoms with Crippen LogP contribution in [0.15, 0.2) is 12.2 Å². The van der Waals surface area contributed by atoms with Crippen LogP contribution in [0, 0.1) is 11.3 Å². The fourth-order valence-electron chi connectivity index (χ4n) is 1.18. The minimum absolute atomic E-state index is 0.140. The Hall–Kier alpha value is -0.340. The van der Waals surface area contributed by atoms with Crippen LogP contribution in [-0.2, 0) is 4.74 Å². The molecule has 2 heteroatoms. The van der Waals surface area contributed by atoms with Gasteiger partial charge in [0.1, 0.15) is 0 Å². The second-order valence-corrected chi connectivity index (χ2v) is 4.70. The van der Waals surface area contributed by atoms with Gasteiger partial charge in [-0.25, -0.2) is 0 Å². The van der Waals surface area contributed by atoms with Gasteiger partial charge in [0.05, 0.1) is 12.7 Å². The molecule has 0 radical (unpaired) electrons. The summed E-state index contributed by atoms with van der Waals surface area (Å²) in [6.45, 7) is 12.5. The van der Waals surface area contributed by atoms with E-state index in [2.05, 4.69) is 6.58 Å². The Balaban J connectivity index is 4.26. The van der Waals surface area contributed by atoms with Crippen LogP contribution < -0.4 is 0 Å². The summed E-state index contributed by atoms with van der Waals surface area (Å²) in [5.74, 6) is 0.208. The molecule has 0 amide bonds. The predicted octanol–water partition coefficient (Wildman–Crippen LogP) is 2.23. The largest absolute Gasteiger partial charge is 0.388 e. The molecule has 2 nitrogen and oxygen atoms in total. The summed E-state index contributed by atoms with van der Waals surface area (Å²) in [6, 6.07) is 0. The molecular formula is C11H22O2. The van der Waals surface area contributed by atoms with Crippen molar-refractivity contribution in [2.45, 2.75) is 33.8 Å². The van der Waals surface area contributed by atoms with Crippen LogP contribution in [0.25, 0.3) is 0 Å². The van der Waals surface area contributed by atoms with E-state index < -0.39 is 6.10 Å². The standard InChI is InChI=1S/C11H22O2/c1-8(7-13-6)9(2)10(12)11(3,4)5/h8,10,12H,2,7H2,1,3-6H3. The quantitative estimate of drug-likeness (QED) is 0.682. The van der Waals surface area contributed by atoms with E-state index in [1.165, 1.54) is 0 Å². The van der Waals surface area contributed by atoms with Crippen LogP contribution in [0.3, 0.4) is 0 Å². The molecule has 2 atom stereocenters. The first-order valence-corrected chi connectivity index (χ1v) is 4.66. The van der Waals surface area contributed by atoms with Crippen LogP contribution in [0.2, 0.25) is 0 Å². The normalized spacial score (nSPS) is 16.8. The van der Waals surface area contributed by atoms with Crippen LogP contribution >= 0.6 is 0 Å². The van der Waals surface area contributed by atoms with Gasteiger partial charge >= 0.3 is 0 Å². The molecule has 0 aliphatic heterocycles. The first kappa shape index (κ1) is 12.7. The first-order chi connectivity index (χ1) is 5.80. The van der Waals surface area contributed by atoms with Crippen molar-refractivity contribution in [3.8, 4) is 0 Å². The van der Waals surface area contributed by atoms with E-state index in [0.717, 1.165) is 5.57 Å². The maximum absolute atomic E-state index is 9.90. The zero-order chi connectivity index (χ0) is 10.6. The van der Waals surface area contributed by atoms with E-state index in [4.69, 9.17) is 4.74 Å². The molecular weight excluding hydrogens is 164 g/mol. The Morgan fingerprint density at radius 3 is 2.23 bits per heavy atom. The van der Waals surface area contributed by atoms with E-state index in [1.54, 1.807) is 7.11 Å². The Kier molecular flexibility index (Phi) is 4.65. The number of methoxy groups -OCH3 is 1. The summed E-state index contributed by atoms with van der Waals surface area (Å²) >= 11 is 0. The van der Waals surface area contributed by atoms with Crippen molar-refractivity contribution in [2.75, 3.05) is 13.7 Å². The van der Waals surface area contributed by atoms with Crippen LogP contribution in [-0.4, -0.2) is 24.9 Å². The molecule has 0 aliphatic carbocycles. The molecule has 0 fully saturated rings. The number of hydrogen-bond donors (Lipinski definition) is 1. The van der Waals surface area contributed by atoms with Crippen LogP contribution in [0.1, 0.15) is 27.7 Å². The maximum atomic E-state index is 9.90. The Bertz CT molecular complexity index is 167. The topological polar surface area (TPSA) is 29.5 Å². The second-order valence-electron chi connectivity index (χ2n) is 4.70. The molecule has 0 bridgehead atoms. The zero-order valence-electron chi connectivity index (χ0n) is 9.42. The second kappa shape index (κ2) is 4.77. The molecule has 0 aromatic heterocycles. The van der Waals surface area contributed by atoms with Crippen molar-refractivity contribution >= 4 is 0 Å². The van der Waals surface area contributed by atoms with Gasteiger partial charge in [-0.3, -0.25) is 0 Å². The molecule has 2 unspecified atom stereocenters. The predicted molar refractivity (Wildman–Crippen MR) is 55.6 cm³/mol. The molecule has 0 spiro atoms. The van der Waals surface area contributed by atoms with Crippen LogP contribution in [0.4, 0.5) is 0 Å². The number of hydrogen-bond acceptors (Lipinski definition) is 2. The van der Waals surface area contributed by atoms with Crippen molar-refractivity contribution in [3.05, 3.63) is 12.2 Å². The fraction of sp³-hybridized carbons (Fsp3) is 0.818. The summed E-state index contributed by atoms with van der Waals surface area (Å²) in [5, 5.41) is 9.90. The molecule has 13 heavy (non-hydrogen) atoms. The number of ether oxygens (including phenoxy) is 1. The summed E-state index contributed by atoms with van der Waals surface area (Å²) in [7, 11) is 1.66. The van der Waals surface area contributed by atoms with E-state index in [0.29, 0.717) is 6.61 Å². The van der Waals surface area contributed by atoms with Crippen LogP contribution in [0.5, 0.6) is 0 Å². The monoisotopic (exact) mass is 186 g/mol. The minimum atomic E-state index is -0.461. The highest BCUT2D eigenvalue weighted by Crippen LogP contribution is 2.27. The fourth-order valence-corrected chi connectivity index (χ4v) is 1.18. The molecule has 0 rings (SSSR count). The zero-order valence-corrected chi connectivity index (χ0v) is 9.42. The van der Waals surface area contributed by atoms with Gasteiger partial charge in [0.15, 0.2) is 0 Å². The highest BCUT2D eigenvalue weighted by atomic mass is 16.5. The lowest BCUT2D eigenvalue weighted by atomic mass is 9.81. The third kappa shape index (κ3) is 3.92. The van der Waals surface area contributed by atoms with E-state index in [9.17, 15) is 5.11 Å². The first-order valence-electron chi connectivity index (χ1n) is 4.66. The van der Waals surface area contributed by atoms with Crippen molar-refractivity contribution in [3.63, 3.8) is 0 Å². The summed E-state index contributed by atoms with van der Waals surface area (Å²) in [5.41, 5.74) is 0.716. The lowest BCUT2D eigenvalue weighted by molar-refractivity contribution is 0.0760. The Labute approximate surface area is 81.6 Å². The highest BCUT2D eigenvalue weighted by Gasteiger charge is 2.27. The van der Waals surface area contributed by atoms with Crippen molar-refractivity contribution in [2.24, 2.45) is 11.3 Å². The summed E-state index contributed by atoms with van der Waals surface area (Å²) in [6.07, 6.45) is -0.461. The molecule has 0 saturated carbocycles. The molecule has 0 aromatic carbocycles. The van der Waals surface area contributed by atoms with Gasteiger partial charge in [0.2, 0.25) is 0 Å². The van der Waals surface area contributed by atoms with Crippen molar-refractivity contribution < 1.29 is 9.84 Å². The van der Waals surface area contributed by atoms with E-state index in [1.807, 2.05) is 27.7 Å². The smallest absolute Gasteiger partial charge is 0.0799 e. The molecule has 0 saturated heterocycles. The molecule has 0 aromatic rings. The van der Waals surface area contributed by atoms with Gasteiger partial charge in [-0.05, 0) is 11.0 Å². The number of aliphatic hydroxyl groups is 1.